The molecule has 0 bridgehead atoms. The lowest BCUT2D eigenvalue weighted by atomic mass is 10.2. The topological polar surface area (TPSA) is 41.6 Å². The van der Waals surface area contributed by atoms with Crippen molar-refractivity contribution in [3.05, 3.63) is 0 Å². The minimum absolute atomic E-state index is 0.177. The van der Waals surface area contributed by atoms with Crippen LogP contribution in [0.2, 0.25) is 0 Å². The Morgan fingerprint density at radius 2 is 2.14 bits per heavy atom. The SMILES string of the molecule is CCOC(=O)CNC(C)CCN(C)C. The van der Waals surface area contributed by atoms with Gasteiger partial charge in [-0.05, 0) is 40.9 Å². The number of esters is 1. The molecular weight excluding hydrogens is 180 g/mol. The molecule has 0 radical (unpaired) electrons. The van der Waals surface area contributed by atoms with Gasteiger partial charge in [0, 0.05) is 6.04 Å². The average Bonchev–Trinajstić information content (AvgIpc) is 2.12. The van der Waals surface area contributed by atoms with E-state index < -0.39 is 0 Å². The van der Waals surface area contributed by atoms with Gasteiger partial charge in [0.05, 0.1) is 13.2 Å². The van der Waals surface area contributed by atoms with Gasteiger partial charge in [-0.1, -0.05) is 0 Å². The van der Waals surface area contributed by atoms with Gasteiger partial charge < -0.3 is 15.0 Å². The quantitative estimate of drug-likeness (QED) is 0.610. The summed E-state index contributed by atoms with van der Waals surface area (Å²) in [6, 6.07) is 0.349. The first-order chi connectivity index (χ1) is 6.56. The van der Waals surface area contributed by atoms with E-state index in [2.05, 4.69) is 17.1 Å². The van der Waals surface area contributed by atoms with Crippen LogP contribution in [0.3, 0.4) is 0 Å². The minimum Gasteiger partial charge on any atom is -0.465 e. The molecule has 1 unspecified atom stereocenters. The maximum Gasteiger partial charge on any atom is 0.319 e. The molecule has 14 heavy (non-hydrogen) atoms. The Labute approximate surface area is 86.6 Å². The summed E-state index contributed by atoms with van der Waals surface area (Å²) in [5, 5.41) is 3.12. The summed E-state index contributed by atoms with van der Waals surface area (Å²) >= 11 is 0. The van der Waals surface area contributed by atoms with Gasteiger partial charge in [0.25, 0.3) is 0 Å². The van der Waals surface area contributed by atoms with E-state index in [1.807, 2.05) is 21.0 Å². The molecule has 0 aromatic heterocycles. The summed E-state index contributed by atoms with van der Waals surface area (Å²) in [6.07, 6.45) is 1.03. The Bertz CT molecular complexity index is 160. The number of hydrogen-bond donors (Lipinski definition) is 1. The van der Waals surface area contributed by atoms with Crippen LogP contribution in [0, 0.1) is 0 Å². The Hall–Kier alpha value is -0.610. The van der Waals surface area contributed by atoms with Crippen molar-refractivity contribution in [1.29, 1.82) is 0 Å². The molecule has 0 fully saturated rings. The molecule has 0 rings (SSSR count). The summed E-state index contributed by atoms with van der Waals surface area (Å²) in [5.74, 6) is -0.177. The van der Waals surface area contributed by atoms with Crippen molar-refractivity contribution in [3.8, 4) is 0 Å². The molecule has 0 aromatic carbocycles. The van der Waals surface area contributed by atoms with Crippen molar-refractivity contribution in [2.75, 3.05) is 33.8 Å². The van der Waals surface area contributed by atoms with Crippen molar-refractivity contribution in [2.45, 2.75) is 26.3 Å². The second-order valence-corrected chi connectivity index (χ2v) is 3.68. The van der Waals surface area contributed by atoms with Crippen LogP contribution in [0.5, 0.6) is 0 Å². The second kappa shape index (κ2) is 7.76. The van der Waals surface area contributed by atoms with E-state index in [1.54, 1.807) is 0 Å². The third-order valence-corrected chi connectivity index (χ3v) is 1.91. The number of nitrogens with zero attached hydrogens (tertiary/aromatic N) is 1. The monoisotopic (exact) mass is 202 g/mol. The van der Waals surface area contributed by atoms with Crippen LogP contribution in [0.15, 0.2) is 0 Å². The largest absolute Gasteiger partial charge is 0.465 e. The van der Waals surface area contributed by atoms with Crippen LogP contribution >= 0.6 is 0 Å². The fourth-order valence-corrected chi connectivity index (χ4v) is 1.02. The molecule has 0 heterocycles. The van der Waals surface area contributed by atoms with Crippen LogP contribution < -0.4 is 5.32 Å². The number of rotatable bonds is 7. The molecule has 0 saturated carbocycles. The Morgan fingerprint density at radius 1 is 1.50 bits per heavy atom. The van der Waals surface area contributed by atoms with Crippen LogP contribution in [0.1, 0.15) is 20.3 Å². The standard InChI is InChI=1S/C10H22N2O2/c1-5-14-10(13)8-11-9(2)6-7-12(3)4/h9,11H,5-8H2,1-4H3. The van der Waals surface area contributed by atoms with Gasteiger partial charge in [-0.2, -0.15) is 0 Å². The first kappa shape index (κ1) is 13.4. The molecule has 0 aliphatic heterocycles. The van der Waals surface area contributed by atoms with Gasteiger partial charge in [-0.3, -0.25) is 4.79 Å². The first-order valence-electron chi connectivity index (χ1n) is 5.10. The number of hydrogen-bond acceptors (Lipinski definition) is 4. The van der Waals surface area contributed by atoms with Gasteiger partial charge in [0.1, 0.15) is 0 Å². The van der Waals surface area contributed by atoms with Crippen molar-refractivity contribution >= 4 is 5.97 Å². The molecule has 84 valence electrons. The molecule has 4 heteroatoms. The Morgan fingerprint density at radius 3 is 2.64 bits per heavy atom. The summed E-state index contributed by atoms with van der Waals surface area (Å²) < 4.78 is 4.81. The molecule has 0 aromatic rings. The fraction of sp³-hybridized carbons (Fsp3) is 0.900. The highest BCUT2D eigenvalue weighted by atomic mass is 16.5. The highest BCUT2D eigenvalue weighted by Gasteiger charge is 2.05. The van der Waals surface area contributed by atoms with E-state index in [1.165, 1.54) is 0 Å². The van der Waals surface area contributed by atoms with Crippen LogP contribution in [-0.2, 0) is 9.53 Å². The zero-order valence-electron chi connectivity index (χ0n) is 9.67. The zero-order valence-corrected chi connectivity index (χ0v) is 9.67. The van der Waals surface area contributed by atoms with Crippen molar-refractivity contribution in [3.63, 3.8) is 0 Å². The van der Waals surface area contributed by atoms with Crippen molar-refractivity contribution < 1.29 is 9.53 Å². The van der Waals surface area contributed by atoms with Crippen molar-refractivity contribution in [2.24, 2.45) is 0 Å². The molecule has 0 aliphatic rings. The van der Waals surface area contributed by atoms with Crippen LogP contribution in [0.25, 0.3) is 0 Å². The predicted molar refractivity (Wildman–Crippen MR) is 57.3 cm³/mol. The molecule has 0 aliphatic carbocycles. The lowest BCUT2D eigenvalue weighted by molar-refractivity contribution is -0.142. The Balaban J connectivity index is 3.43. The fourth-order valence-electron chi connectivity index (χ4n) is 1.02. The molecule has 1 N–H and O–H groups in total. The molecular formula is C10H22N2O2. The normalized spacial score (nSPS) is 12.9. The highest BCUT2D eigenvalue weighted by Crippen LogP contribution is 1.91. The Kier molecular flexibility index (Phi) is 7.42. The van der Waals surface area contributed by atoms with E-state index in [0.717, 1.165) is 13.0 Å². The zero-order chi connectivity index (χ0) is 11.0. The van der Waals surface area contributed by atoms with Crippen LogP contribution in [-0.4, -0.2) is 50.7 Å². The maximum absolute atomic E-state index is 11.0. The third-order valence-electron chi connectivity index (χ3n) is 1.91. The van der Waals surface area contributed by atoms with E-state index in [-0.39, 0.29) is 5.97 Å². The van der Waals surface area contributed by atoms with E-state index in [9.17, 15) is 4.79 Å². The molecule has 4 nitrogen and oxygen atoms in total. The molecule has 0 amide bonds. The molecule has 0 saturated heterocycles. The van der Waals surface area contributed by atoms with E-state index >= 15 is 0 Å². The molecule has 0 spiro atoms. The average molecular weight is 202 g/mol. The van der Waals surface area contributed by atoms with Gasteiger partial charge in [-0.15, -0.1) is 0 Å². The van der Waals surface area contributed by atoms with Gasteiger partial charge >= 0.3 is 5.97 Å². The van der Waals surface area contributed by atoms with Gasteiger partial charge in [0.2, 0.25) is 0 Å². The van der Waals surface area contributed by atoms with Crippen molar-refractivity contribution in [1.82, 2.24) is 10.2 Å². The van der Waals surface area contributed by atoms with E-state index in [4.69, 9.17) is 4.74 Å². The lowest BCUT2D eigenvalue weighted by Gasteiger charge is -2.16. The van der Waals surface area contributed by atoms with Crippen LogP contribution in [0.4, 0.5) is 0 Å². The maximum atomic E-state index is 11.0. The van der Waals surface area contributed by atoms with E-state index in [0.29, 0.717) is 19.2 Å². The lowest BCUT2D eigenvalue weighted by Crippen LogP contribution is -2.34. The highest BCUT2D eigenvalue weighted by molar-refractivity contribution is 5.71. The summed E-state index contributed by atoms with van der Waals surface area (Å²) in [6.45, 7) is 5.67. The number of carbonyl (C=O) groups excluding carboxylic acids is 1. The number of ether oxygens (including phenoxy) is 1. The number of nitrogens with one attached hydrogen (secondary N) is 1. The third kappa shape index (κ3) is 8.01. The second-order valence-electron chi connectivity index (χ2n) is 3.68. The first-order valence-corrected chi connectivity index (χ1v) is 5.10. The summed E-state index contributed by atoms with van der Waals surface area (Å²) in [4.78, 5) is 13.1. The minimum atomic E-state index is -0.177. The number of carbonyl (C=O) groups is 1. The smallest absolute Gasteiger partial charge is 0.319 e. The molecule has 1 atom stereocenters. The predicted octanol–water partition coefficient (Wildman–Crippen LogP) is 0.479. The summed E-state index contributed by atoms with van der Waals surface area (Å²) in [7, 11) is 4.08. The van der Waals surface area contributed by atoms with Gasteiger partial charge in [-0.25, -0.2) is 0 Å². The van der Waals surface area contributed by atoms with Gasteiger partial charge in [0.15, 0.2) is 0 Å². The summed E-state index contributed by atoms with van der Waals surface area (Å²) in [5.41, 5.74) is 0.